The summed E-state index contributed by atoms with van der Waals surface area (Å²) >= 11 is 0. The van der Waals surface area contributed by atoms with Crippen molar-refractivity contribution in [2.24, 2.45) is 5.92 Å². The summed E-state index contributed by atoms with van der Waals surface area (Å²) in [6, 6.07) is 9.65. The van der Waals surface area contributed by atoms with Crippen LogP contribution in [-0.2, 0) is 16.1 Å². The van der Waals surface area contributed by atoms with Gasteiger partial charge in [-0.2, -0.15) is 0 Å². The fourth-order valence-corrected chi connectivity index (χ4v) is 1.24. The smallest absolute Gasteiger partial charge is 0.407 e. The summed E-state index contributed by atoms with van der Waals surface area (Å²) in [5, 5.41) is 9.61. The summed E-state index contributed by atoms with van der Waals surface area (Å²) < 4.78 is 5.06. The Kier molecular flexibility index (Phi) is 9.88. The zero-order valence-corrected chi connectivity index (χ0v) is 11.3. The van der Waals surface area contributed by atoms with Crippen LogP contribution in [-0.4, -0.2) is 24.2 Å². The number of carbonyl (C=O) groups is 2. The molecule has 0 fully saturated rings. The lowest BCUT2D eigenvalue weighted by atomic mass is 10.1. The third-order valence-corrected chi connectivity index (χ3v) is 2.20. The van der Waals surface area contributed by atoms with Gasteiger partial charge in [0.05, 0.1) is 0 Å². The number of rotatable bonds is 5. The van der Waals surface area contributed by atoms with E-state index < -0.39 is 0 Å². The highest BCUT2D eigenvalue weighted by molar-refractivity contribution is 5.67. The molecule has 1 aromatic carbocycles. The van der Waals surface area contributed by atoms with E-state index >= 15 is 0 Å². The lowest BCUT2D eigenvalue weighted by molar-refractivity contribution is -0.122. The highest BCUT2D eigenvalue weighted by atomic mass is 16.5. The number of hydrogen-bond acceptors (Lipinski definition) is 3. The van der Waals surface area contributed by atoms with Gasteiger partial charge in [0, 0.05) is 6.54 Å². The predicted octanol–water partition coefficient (Wildman–Crippen LogP) is 2.66. The molecule has 1 rings (SSSR count). The molecule has 0 unspecified atom stereocenters. The minimum absolute atomic E-state index is 0.250. The van der Waals surface area contributed by atoms with Gasteiger partial charge in [0.2, 0.25) is 0 Å². The van der Waals surface area contributed by atoms with E-state index in [0.717, 1.165) is 12.0 Å². The summed E-state index contributed by atoms with van der Waals surface area (Å²) in [7, 11) is 0. The van der Waals surface area contributed by atoms with Crippen LogP contribution in [0.15, 0.2) is 30.3 Å². The monoisotopic (exact) mass is 267 g/mol. The second-order valence-electron chi connectivity index (χ2n) is 4.28. The second-order valence-corrected chi connectivity index (χ2v) is 4.28. The van der Waals surface area contributed by atoms with Crippen molar-refractivity contribution in [3.05, 3.63) is 35.9 Å². The van der Waals surface area contributed by atoms with Crippen LogP contribution in [0.3, 0.4) is 0 Å². The number of ether oxygens (including phenoxy) is 1. The van der Waals surface area contributed by atoms with Crippen LogP contribution < -0.4 is 5.32 Å². The van der Waals surface area contributed by atoms with Crippen molar-refractivity contribution in [1.29, 1.82) is 0 Å². The maximum Gasteiger partial charge on any atom is 0.407 e. The molecular formula is C14H21NO4. The lowest BCUT2D eigenvalue weighted by Gasteiger charge is -2.08. The molecule has 0 radical (unpaired) electrons. The third kappa shape index (κ3) is 10.8. The Morgan fingerprint density at radius 3 is 2.47 bits per heavy atom. The van der Waals surface area contributed by atoms with Crippen LogP contribution in [0.5, 0.6) is 0 Å². The van der Waals surface area contributed by atoms with Crippen LogP contribution >= 0.6 is 0 Å². The van der Waals surface area contributed by atoms with Crippen molar-refractivity contribution >= 4 is 12.6 Å². The molecule has 1 aromatic rings. The molecule has 5 heteroatoms. The Balaban J connectivity index is 0.000000982. The maximum absolute atomic E-state index is 11.3. The van der Waals surface area contributed by atoms with Gasteiger partial charge in [0.1, 0.15) is 6.61 Å². The van der Waals surface area contributed by atoms with Gasteiger partial charge in [-0.05, 0) is 17.9 Å². The molecule has 0 aliphatic rings. The fourth-order valence-electron chi connectivity index (χ4n) is 1.24. The first-order valence-electron chi connectivity index (χ1n) is 6.12. The van der Waals surface area contributed by atoms with E-state index in [1.165, 1.54) is 0 Å². The number of alkyl carbamates (subject to hydrolysis) is 1. The molecule has 0 spiro atoms. The van der Waals surface area contributed by atoms with E-state index in [1.54, 1.807) is 0 Å². The standard InChI is InChI=1S/C13H19NO2.CH2O2/c1-11(2)8-9-14-13(15)16-10-12-6-4-3-5-7-12;2-1-3/h3-7,11H,8-10H2,1-2H3,(H,14,15);1H,(H,2,3). The molecular weight excluding hydrogens is 246 g/mol. The number of amides is 1. The van der Waals surface area contributed by atoms with Gasteiger partial charge in [-0.25, -0.2) is 4.79 Å². The second kappa shape index (κ2) is 11.1. The zero-order chi connectivity index (χ0) is 14.5. The van der Waals surface area contributed by atoms with Crippen LogP contribution in [0.2, 0.25) is 0 Å². The Bertz CT molecular complexity index is 352. The number of carbonyl (C=O) groups excluding carboxylic acids is 1. The molecule has 0 heterocycles. The molecule has 0 aromatic heterocycles. The molecule has 0 bridgehead atoms. The van der Waals surface area contributed by atoms with Gasteiger partial charge in [-0.15, -0.1) is 0 Å². The van der Waals surface area contributed by atoms with Crippen LogP contribution in [0.4, 0.5) is 4.79 Å². The van der Waals surface area contributed by atoms with Crippen molar-refractivity contribution in [2.75, 3.05) is 6.54 Å². The summed E-state index contributed by atoms with van der Waals surface area (Å²) in [6.07, 6.45) is 0.630. The first-order chi connectivity index (χ1) is 9.10. The van der Waals surface area contributed by atoms with E-state index in [4.69, 9.17) is 14.6 Å². The normalized spacial score (nSPS) is 9.21. The molecule has 2 N–H and O–H groups in total. The van der Waals surface area contributed by atoms with Gasteiger partial charge < -0.3 is 15.2 Å². The van der Waals surface area contributed by atoms with Gasteiger partial charge in [-0.3, -0.25) is 4.79 Å². The Labute approximate surface area is 113 Å². The average molecular weight is 267 g/mol. The van der Waals surface area contributed by atoms with Gasteiger partial charge in [-0.1, -0.05) is 44.2 Å². The average Bonchev–Trinajstić information content (AvgIpc) is 2.38. The van der Waals surface area contributed by atoms with E-state index in [0.29, 0.717) is 19.1 Å². The van der Waals surface area contributed by atoms with Gasteiger partial charge in [0.15, 0.2) is 0 Å². The largest absolute Gasteiger partial charge is 0.483 e. The van der Waals surface area contributed by atoms with Crippen molar-refractivity contribution in [3.8, 4) is 0 Å². The molecule has 1 amide bonds. The molecule has 106 valence electrons. The molecule has 0 aliphatic heterocycles. The highest BCUT2D eigenvalue weighted by Crippen LogP contribution is 2.01. The first-order valence-corrected chi connectivity index (χ1v) is 6.12. The highest BCUT2D eigenvalue weighted by Gasteiger charge is 2.02. The van der Waals surface area contributed by atoms with Crippen molar-refractivity contribution in [1.82, 2.24) is 5.32 Å². The number of hydrogen-bond donors (Lipinski definition) is 2. The number of benzene rings is 1. The van der Waals surface area contributed by atoms with E-state index in [-0.39, 0.29) is 12.6 Å². The third-order valence-electron chi connectivity index (χ3n) is 2.20. The Hall–Kier alpha value is -2.04. The van der Waals surface area contributed by atoms with Crippen LogP contribution in [0.1, 0.15) is 25.8 Å². The molecule has 0 saturated carbocycles. The Morgan fingerprint density at radius 1 is 1.37 bits per heavy atom. The van der Waals surface area contributed by atoms with Gasteiger partial charge in [0.25, 0.3) is 6.47 Å². The fraction of sp³-hybridized carbons (Fsp3) is 0.429. The van der Waals surface area contributed by atoms with Crippen molar-refractivity contribution in [3.63, 3.8) is 0 Å². The van der Waals surface area contributed by atoms with Crippen molar-refractivity contribution < 1.29 is 19.4 Å². The summed E-state index contributed by atoms with van der Waals surface area (Å²) in [5.41, 5.74) is 1.00. The SMILES string of the molecule is CC(C)CCNC(=O)OCc1ccccc1.O=CO. The predicted molar refractivity (Wildman–Crippen MR) is 72.8 cm³/mol. The maximum atomic E-state index is 11.3. The summed E-state index contributed by atoms with van der Waals surface area (Å²) in [6.45, 7) is 4.99. The molecule has 0 atom stereocenters. The van der Waals surface area contributed by atoms with E-state index in [9.17, 15) is 4.79 Å². The Morgan fingerprint density at radius 2 is 1.95 bits per heavy atom. The quantitative estimate of drug-likeness (QED) is 0.804. The molecule has 5 nitrogen and oxygen atoms in total. The van der Waals surface area contributed by atoms with Crippen molar-refractivity contribution in [2.45, 2.75) is 26.9 Å². The number of carboxylic acid groups (broad SMARTS) is 1. The van der Waals surface area contributed by atoms with E-state index in [1.807, 2.05) is 30.3 Å². The zero-order valence-electron chi connectivity index (χ0n) is 11.3. The topological polar surface area (TPSA) is 75.6 Å². The lowest BCUT2D eigenvalue weighted by Crippen LogP contribution is -2.25. The number of nitrogens with one attached hydrogen (secondary N) is 1. The molecule has 0 aliphatic carbocycles. The van der Waals surface area contributed by atoms with Crippen LogP contribution in [0.25, 0.3) is 0 Å². The minimum Gasteiger partial charge on any atom is -0.483 e. The van der Waals surface area contributed by atoms with Crippen LogP contribution in [0, 0.1) is 5.92 Å². The van der Waals surface area contributed by atoms with Gasteiger partial charge >= 0.3 is 6.09 Å². The van der Waals surface area contributed by atoms with E-state index in [2.05, 4.69) is 19.2 Å². The summed E-state index contributed by atoms with van der Waals surface area (Å²) in [4.78, 5) is 19.6. The summed E-state index contributed by atoms with van der Waals surface area (Å²) in [5.74, 6) is 0.592. The molecule has 19 heavy (non-hydrogen) atoms. The minimum atomic E-state index is -0.343. The molecule has 0 saturated heterocycles. The first kappa shape index (κ1) is 17.0.